The van der Waals surface area contributed by atoms with Gasteiger partial charge in [0.15, 0.2) is 17.7 Å². The Labute approximate surface area is 144 Å². The molecule has 0 bridgehead atoms. The summed E-state index contributed by atoms with van der Waals surface area (Å²) in [6.45, 7) is 5.92. The molecule has 8 nitrogen and oxygen atoms in total. The normalized spacial score (nSPS) is 31.7. The molecule has 2 fully saturated rings. The van der Waals surface area contributed by atoms with Gasteiger partial charge in [0.1, 0.15) is 29.4 Å². The van der Waals surface area contributed by atoms with Crippen molar-refractivity contribution in [2.75, 3.05) is 12.0 Å². The SMILES string of the molecule is CC[C@H]1O[C@@H](n2nc(SC)c3c(N)ncnc32)[C@@H]2OC(C)(C)O[C@@H]21. The van der Waals surface area contributed by atoms with Gasteiger partial charge >= 0.3 is 0 Å². The number of thioether (sulfide) groups is 1. The van der Waals surface area contributed by atoms with Gasteiger partial charge in [-0.25, -0.2) is 14.6 Å². The monoisotopic (exact) mass is 351 g/mol. The van der Waals surface area contributed by atoms with E-state index in [0.717, 1.165) is 16.8 Å². The van der Waals surface area contributed by atoms with Crippen LogP contribution in [-0.2, 0) is 14.2 Å². The van der Waals surface area contributed by atoms with Crippen LogP contribution in [0.3, 0.4) is 0 Å². The molecule has 0 spiro atoms. The molecular formula is C15H21N5O3S. The van der Waals surface area contributed by atoms with Crippen LogP contribution >= 0.6 is 11.8 Å². The van der Waals surface area contributed by atoms with E-state index < -0.39 is 12.0 Å². The molecule has 4 rings (SSSR count). The number of nitrogen functional groups attached to an aromatic ring is 1. The van der Waals surface area contributed by atoms with Crippen molar-refractivity contribution in [3.8, 4) is 0 Å². The van der Waals surface area contributed by atoms with E-state index >= 15 is 0 Å². The van der Waals surface area contributed by atoms with E-state index in [0.29, 0.717) is 11.5 Å². The minimum Gasteiger partial charge on any atom is -0.383 e. The lowest BCUT2D eigenvalue weighted by atomic mass is 10.1. The molecule has 4 atom stereocenters. The molecule has 2 aromatic rings. The van der Waals surface area contributed by atoms with E-state index in [9.17, 15) is 0 Å². The number of hydrogen-bond donors (Lipinski definition) is 1. The number of ether oxygens (including phenoxy) is 3. The Morgan fingerprint density at radius 1 is 1.29 bits per heavy atom. The summed E-state index contributed by atoms with van der Waals surface area (Å²) in [6.07, 6.45) is 3.43. The van der Waals surface area contributed by atoms with Crippen molar-refractivity contribution >= 4 is 28.6 Å². The van der Waals surface area contributed by atoms with E-state index in [4.69, 9.17) is 19.9 Å². The average molecular weight is 351 g/mol. The fourth-order valence-corrected chi connectivity index (χ4v) is 4.04. The van der Waals surface area contributed by atoms with Crippen molar-refractivity contribution in [1.82, 2.24) is 19.7 Å². The van der Waals surface area contributed by atoms with Crippen LogP contribution in [0.15, 0.2) is 11.4 Å². The van der Waals surface area contributed by atoms with Crippen molar-refractivity contribution in [2.24, 2.45) is 0 Å². The van der Waals surface area contributed by atoms with Gasteiger partial charge in [0.05, 0.1) is 11.5 Å². The third-order valence-electron chi connectivity index (χ3n) is 4.45. The lowest BCUT2D eigenvalue weighted by Crippen LogP contribution is -2.28. The Balaban J connectivity index is 1.82. The highest BCUT2D eigenvalue weighted by Crippen LogP contribution is 2.45. The minimum absolute atomic E-state index is 0.0436. The second-order valence-electron chi connectivity index (χ2n) is 6.45. The van der Waals surface area contributed by atoms with Gasteiger partial charge in [-0.2, -0.15) is 5.10 Å². The zero-order chi connectivity index (χ0) is 17.1. The van der Waals surface area contributed by atoms with Gasteiger partial charge in [-0.05, 0) is 26.5 Å². The molecule has 2 N–H and O–H groups in total. The molecule has 4 heterocycles. The molecule has 2 aromatic heterocycles. The molecule has 0 saturated carbocycles. The van der Waals surface area contributed by atoms with Crippen LogP contribution in [0.1, 0.15) is 33.4 Å². The predicted octanol–water partition coefficient (Wildman–Crippen LogP) is 1.96. The number of rotatable bonds is 3. The highest BCUT2D eigenvalue weighted by molar-refractivity contribution is 7.98. The van der Waals surface area contributed by atoms with Gasteiger partial charge in [0, 0.05) is 0 Å². The fourth-order valence-electron chi connectivity index (χ4n) is 3.47. The molecular weight excluding hydrogens is 330 g/mol. The summed E-state index contributed by atoms with van der Waals surface area (Å²) in [5.74, 6) is -0.217. The first-order valence-corrected chi connectivity index (χ1v) is 9.21. The zero-order valence-corrected chi connectivity index (χ0v) is 14.9. The van der Waals surface area contributed by atoms with Crippen LogP contribution in [0, 0.1) is 0 Å². The third-order valence-corrected chi connectivity index (χ3v) is 5.12. The molecule has 2 saturated heterocycles. The van der Waals surface area contributed by atoms with E-state index in [1.807, 2.05) is 20.1 Å². The van der Waals surface area contributed by atoms with Crippen molar-refractivity contribution < 1.29 is 14.2 Å². The van der Waals surface area contributed by atoms with Crippen molar-refractivity contribution in [3.63, 3.8) is 0 Å². The molecule has 2 aliphatic rings. The zero-order valence-electron chi connectivity index (χ0n) is 14.1. The van der Waals surface area contributed by atoms with Gasteiger partial charge in [-0.15, -0.1) is 11.8 Å². The van der Waals surface area contributed by atoms with Gasteiger partial charge < -0.3 is 19.9 Å². The highest BCUT2D eigenvalue weighted by Gasteiger charge is 2.56. The number of hydrogen-bond acceptors (Lipinski definition) is 8. The van der Waals surface area contributed by atoms with Gasteiger partial charge in [0.25, 0.3) is 0 Å². The summed E-state index contributed by atoms with van der Waals surface area (Å²) in [5.41, 5.74) is 6.69. The molecule has 130 valence electrons. The number of aromatic nitrogens is 4. The number of nitrogens with two attached hydrogens (primary N) is 1. The Bertz CT molecular complexity index is 780. The quantitative estimate of drug-likeness (QED) is 0.838. The maximum absolute atomic E-state index is 6.20. The summed E-state index contributed by atoms with van der Waals surface area (Å²) in [6, 6.07) is 0. The molecule has 24 heavy (non-hydrogen) atoms. The van der Waals surface area contributed by atoms with Crippen molar-refractivity contribution in [3.05, 3.63) is 6.33 Å². The smallest absolute Gasteiger partial charge is 0.181 e. The largest absolute Gasteiger partial charge is 0.383 e. The van der Waals surface area contributed by atoms with Crippen LogP contribution in [0.25, 0.3) is 11.0 Å². The topological polar surface area (TPSA) is 97.3 Å². The summed E-state index contributed by atoms with van der Waals surface area (Å²) in [5, 5.41) is 6.20. The number of fused-ring (bicyclic) bond motifs is 2. The van der Waals surface area contributed by atoms with E-state index in [2.05, 4.69) is 22.0 Å². The van der Waals surface area contributed by atoms with Gasteiger partial charge in [-0.3, -0.25) is 0 Å². The summed E-state index contributed by atoms with van der Waals surface area (Å²) < 4.78 is 20.1. The number of nitrogens with zero attached hydrogens (tertiary/aromatic N) is 4. The lowest BCUT2D eigenvalue weighted by Gasteiger charge is -2.24. The molecule has 0 aromatic carbocycles. The Hall–Kier alpha value is -1.42. The first-order valence-electron chi connectivity index (χ1n) is 7.99. The second kappa shape index (κ2) is 5.55. The van der Waals surface area contributed by atoms with E-state index in [1.54, 1.807) is 4.68 Å². The maximum Gasteiger partial charge on any atom is 0.181 e. The molecule has 9 heteroatoms. The maximum atomic E-state index is 6.20. The Morgan fingerprint density at radius 2 is 2.04 bits per heavy atom. The van der Waals surface area contributed by atoms with Gasteiger partial charge in [0.2, 0.25) is 0 Å². The van der Waals surface area contributed by atoms with Crippen LogP contribution in [0.2, 0.25) is 0 Å². The van der Waals surface area contributed by atoms with Crippen molar-refractivity contribution in [2.45, 2.75) is 62.5 Å². The Kier molecular flexibility index (Phi) is 3.72. The summed E-state index contributed by atoms with van der Waals surface area (Å²) >= 11 is 1.50. The standard InChI is InChI=1S/C15H21N5O3S/c1-5-7-9-10(23-15(2,3)22-9)14(21-7)20-12-8(13(19-20)24-4)11(16)17-6-18-12/h6-7,9-10,14H,5H2,1-4H3,(H2,16,17,18)/t7-,9-,10-,14-/m1/s1. The highest BCUT2D eigenvalue weighted by atomic mass is 32.2. The summed E-state index contributed by atoms with van der Waals surface area (Å²) in [4.78, 5) is 8.46. The van der Waals surface area contributed by atoms with Crippen molar-refractivity contribution in [1.29, 1.82) is 0 Å². The van der Waals surface area contributed by atoms with Crippen LogP contribution in [0.4, 0.5) is 5.82 Å². The first-order chi connectivity index (χ1) is 11.4. The molecule has 0 radical (unpaired) electrons. The number of anilines is 1. The lowest BCUT2D eigenvalue weighted by molar-refractivity contribution is -0.197. The first kappa shape index (κ1) is 16.1. The van der Waals surface area contributed by atoms with E-state index in [-0.39, 0.29) is 18.3 Å². The predicted molar refractivity (Wildman–Crippen MR) is 89.5 cm³/mol. The average Bonchev–Trinajstić information content (AvgIpc) is 3.16. The van der Waals surface area contributed by atoms with Crippen LogP contribution < -0.4 is 5.73 Å². The third kappa shape index (κ3) is 2.30. The molecule has 2 aliphatic heterocycles. The minimum atomic E-state index is -0.635. The van der Waals surface area contributed by atoms with Gasteiger partial charge in [-0.1, -0.05) is 6.92 Å². The molecule has 0 amide bonds. The Morgan fingerprint density at radius 3 is 2.75 bits per heavy atom. The second-order valence-corrected chi connectivity index (χ2v) is 7.24. The molecule has 0 unspecified atom stereocenters. The van der Waals surface area contributed by atoms with E-state index in [1.165, 1.54) is 18.1 Å². The van der Waals surface area contributed by atoms with Crippen LogP contribution in [-0.4, -0.2) is 50.1 Å². The molecule has 0 aliphatic carbocycles. The summed E-state index contributed by atoms with van der Waals surface area (Å²) in [7, 11) is 0. The van der Waals surface area contributed by atoms with Crippen LogP contribution in [0.5, 0.6) is 0 Å². The fraction of sp³-hybridized carbons (Fsp3) is 0.667.